The third-order valence-electron chi connectivity index (χ3n) is 7.37. The van der Waals surface area contributed by atoms with E-state index in [1.54, 1.807) is 18.3 Å². The molecule has 8 nitrogen and oxygen atoms in total. The predicted octanol–water partition coefficient (Wildman–Crippen LogP) is 5.89. The normalized spacial score (nSPS) is 16.5. The SMILES string of the molecule is N#Cc1nccc(C2(NC(=O)Nc3ccc(-c4ccc(C(=O)N5CCCC5)c(Cl)c4)cc3)CCCCC2)n1. The molecule has 1 saturated carbocycles. The van der Waals surface area contributed by atoms with Gasteiger partial charge in [0.1, 0.15) is 6.07 Å². The number of nitrogens with one attached hydrogen (secondary N) is 2. The number of nitriles is 1. The Labute approximate surface area is 227 Å². The molecule has 0 radical (unpaired) electrons. The summed E-state index contributed by atoms with van der Waals surface area (Å²) in [6.07, 6.45) is 8.15. The fourth-order valence-electron chi connectivity index (χ4n) is 5.36. The first-order valence-electron chi connectivity index (χ1n) is 13.0. The quantitative estimate of drug-likeness (QED) is 0.429. The van der Waals surface area contributed by atoms with Crippen LogP contribution in [0.15, 0.2) is 54.7 Å². The summed E-state index contributed by atoms with van der Waals surface area (Å²) in [7, 11) is 0. The molecule has 3 amide bonds. The summed E-state index contributed by atoms with van der Waals surface area (Å²) in [5.41, 5.74) is 3.01. The van der Waals surface area contributed by atoms with Gasteiger partial charge < -0.3 is 15.5 Å². The molecular formula is C29H29ClN6O2. The zero-order chi connectivity index (χ0) is 26.5. The van der Waals surface area contributed by atoms with Gasteiger partial charge in [-0.3, -0.25) is 4.79 Å². The van der Waals surface area contributed by atoms with E-state index in [-0.39, 0.29) is 17.8 Å². The largest absolute Gasteiger partial charge is 0.339 e. The first-order chi connectivity index (χ1) is 18.5. The van der Waals surface area contributed by atoms with Crippen molar-refractivity contribution in [2.45, 2.75) is 50.5 Å². The molecule has 5 rings (SSSR count). The minimum absolute atomic E-state index is 0.0221. The summed E-state index contributed by atoms with van der Waals surface area (Å²) in [4.78, 5) is 36.0. The van der Waals surface area contributed by atoms with Crippen molar-refractivity contribution < 1.29 is 9.59 Å². The number of carbonyl (C=O) groups excluding carboxylic acids is 2. The van der Waals surface area contributed by atoms with Gasteiger partial charge in [0.15, 0.2) is 0 Å². The van der Waals surface area contributed by atoms with E-state index in [2.05, 4.69) is 20.6 Å². The summed E-state index contributed by atoms with van der Waals surface area (Å²) >= 11 is 6.49. The summed E-state index contributed by atoms with van der Waals surface area (Å²) < 4.78 is 0. The number of urea groups is 1. The van der Waals surface area contributed by atoms with Gasteiger partial charge in [0, 0.05) is 25.0 Å². The van der Waals surface area contributed by atoms with Gasteiger partial charge in [-0.1, -0.05) is 49.1 Å². The number of hydrogen-bond donors (Lipinski definition) is 2. The van der Waals surface area contributed by atoms with E-state index in [0.29, 0.717) is 22.0 Å². The van der Waals surface area contributed by atoms with Crippen molar-refractivity contribution in [3.8, 4) is 17.2 Å². The van der Waals surface area contributed by atoms with Crippen LogP contribution in [0.2, 0.25) is 5.02 Å². The first kappa shape index (κ1) is 25.7. The van der Waals surface area contributed by atoms with Crippen LogP contribution in [0.4, 0.5) is 10.5 Å². The molecule has 2 fully saturated rings. The molecule has 3 aromatic rings. The number of hydrogen-bond acceptors (Lipinski definition) is 5. The van der Waals surface area contributed by atoms with Crippen LogP contribution in [0.25, 0.3) is 11.1 Å². The van der Waals surface area contributed by atoms with Crippen molar-refractivity contribution in [3.05, 3.63) is 76.8 Å². The third-order valence-corrected chi connectivity index (χ3v) is 7.69. The molecule has 0 bridgehead atoms. The van der Waals surface area contributed by atoms with E-state index >= 15 is 0 Å². The molecule has 1 aromatic heterocycles. The molecule has 38 heavy (non-hydrogen) atoms. The highest BCUT2D eigenvalue weighted by atomic mass is 35.5. The fourth-order valence-corrected chi connectivity index (χ4v) is 5.63. The summed E-state index contributed by atoms with van der Waals surface area (Å²) in [6.45, 7) is 1.56. The Hall–Kier alpha value is -3.96. The van der Waals surface area contributed by atoms with Gasteiger partial charge in [0.2, 0.25) is 5.82 Å². The summed E-state index contributed by atoms with van der Waals surface area (Å²) in [6, 6.07) is 16.4. The molecule has 0 unspecified atom stereocenters. The van der Waals surface area contributed by atoms with Crippen molar-refractivity contribution >= 4 is 29.2 Å². The van der Waals surface area contributed by atoms with Gasteiger partial charge in [-0.25, -0.2) is 14.8 Å². The minimum atomic E-state index is -0.637. The average molecular weight is 529 g/mol. The van der Waals surface area contributed by atoms with Crippen LogP contribution in [0.5, 0.6) is 0 Å². The van der Waals surface area contributed by atoms with Crippen molar-refractivity contribution in [2.75, 3.05) is 18.4 Å². The standard InChI is InChI=1S/C29H29ClN6O2/c30-24-18-21(8-11-23(24)27(37)36-16-4-5-17-36)20-6-9-22(10-7-20)33-28(38)35-29(13-2-1-3-14-29)25-12-15-32-26(19-31)34-25/h6-12,15,18H,1-5,13-14,16-17H2,(H2,33,35,38). The average Bonchev–Trinajstić information content (AvgIpc) is 3.49. The van der Waals surface area contributed by atoms with Crippen LogP contribution in [0.3, 0.4) is 0 Å². The third kappa shape index (κ3) is 5.48. The molecule has 9 heteroatoms. The number of aromatic nitrogens is 2. The highest BCUT2D eigenvalue weighted by Gasteiger charge is 2.37. The van der Waals surface area contributed by atoms with Crippen LogP contribution in [-0.2, 0) is 5.54 Å². The lowest BCUT2D eigenvalue weighted by Crippen LogP contribution is -2.49. The molecule has 0 atom stereocenters. The second-order valence-corrected chi connectivity index (χ2v) is 10.3. The minimum Gasteiger partial charge on any atom is -0.339 e. The molecule has 194 valence electrons. The Balaban J connectivity index is 1.27. The van der Waals surface area contributed by atoms with Gasteiger partial charge in [0.05, 0.1) is 21.8 Å². The maximum Gasteiger partial charge on any atom is 0.319 e. The molecule has 2 aromatic carbocycles. The topological polar surface area (TPSA) is 111 Å². The highest BCUT2D eigenvalue weighted by Crippen LogP contribution is 2.36. The Morgan fingerprint density at radius 2 is 1.66 bits per heavy atom. The molecule has 1 saturated heterocycles. The van der Waals surface area contributed by atoms with E-state index in [0.717, 1.165) is 69.2 Å². The molecule has 1 aliphatic heterocycles. The predicted molar refractivity (Wildman–Crippen MR) is 146 cm³/mol. The van der Waals surface area contributed by atoms with Gasteiger partial charge >= 0.3 is 6.03 Å². The van der Waals surface area contributed by atoms with Gasteiger partial charge in [-0.15, -0.1) is 0 Å². The Kier molecular flexibility index (Phi) is 7.57. The van der Waals surface area contributed by atoms with Crippen LogP contribution >= 0.6 is 11.6 Å². The van der Waals surface area contributed by atoms with Crippen LogP contribution in [0.1, 0.15) is 66.8 Å². The maximum atomic E-state index is 13.0. The second kappa shape index (κ2) is 11.2. The van der Waals surface area contributed by atoms with Gasteiger partial charge in [0.25, 0.3) is 5.91 Å². The number of halogens is 1. The number of amides is 3. The van der Waals surface area contributed by atoms with Crippen LogP contribution in [-0.4, -0.2) is 39.9 Å². The molecular weight excluding hydrogens is 500 g/mol. The Bertz CT molecular complexity index is 1370. The number of benzene rings is 2. The summed E-state index contributed by atoms with van der Waals surface area (Å²) in [5.74, 6) is 0.0740. The van der Waals surface area contributed by atoms with E-state index in [4.69, 9.17) is 11.6 Å². The van der Waals surface area contributed by atoms with Crippen molar-refractivity contribution in [3.63, 3.8) is 0 Å². The van der Waals surface area contributed by atoms with Crippen LogP contribution < -0.4 is 10.6 Å². The molecule has 2 heterocycles. The zero-order valence-corrected chi connectivity index (χ0v) is 21.8. The van der Waals surface area contributed by atoms with Crippen molar-refractivity contribution in [2.24, 2.45) is 0 Å². The molecule has 2 N–H and O–H groups in total. The fraction of sp³-hybridized carbons (Fsp3) is 0.345. The smallest absolute Gasteiger partial charge is 0.319 e. The lowest BCUT2D eigenvalue weighted by molar-refractivity contribution is 0.0793. The van der Waals surface area contributed by atoms with Crippen molar-refractivity contribution in [1.29, 1.82) is 5.26 Å². The lowest BCUT2D eigenvalue weighted by atomic mass is 9.79. The van der Waals surface area contributed by atoms with Gasteiger partial charge in [-0.05, 0) is 67.1 Å². The summed E-state index contributed by atoms with van der Waals surface area (Å²) in [5, 5.41) is 15.7. The van der Waals surface area contributed by atoms with E-state index in [9.17, 15) is 14.9 Å². The molecule has 1 aliphatic carbocycles. The zero-order valence-electron chi connectivity index (χ0n) is 21.0. The van der Waals surface area contributed by atoms with E-state index < -0.39 is 5.54 Å². The molecule has 0 spiro atoms. The lowest BCUT2D eigenvalue weighted by Gasteiger charge is -2.37. The highest BCUT2D eigenvalue weighted by molar-refractivity contribution is 6.34. The number of nitrogens with zero attached hydrogens (tertiary/aromatic N) is 4. The number of rotatable bonds is 5. The number of likely N-dealkylation sites (tertiary alicyclic amines) is 1. The number of anilines is 1. The van der Waals surface area contributed by atoms with Crippen molar-refractivity contribution in [1.82, 2.24) is 20.2 Å². The monoisotopic (exact) mass is 528 g/mol. The van der Waals surface area contributed by atoms with E-state index in [1.165, 1.54) is 0 Å². The Morgan fingerprint density at radius 1 is 0.947 bits per heavy atom. The van der Waals surface area contributed by atoms with Gasteiger partial charge in [-0.2, -0.15) is 5.26 Å². The second-order valence-electron chi connectivity index (χ2n) is 9.87. The van der Waals surface area contributed by atoms with Crippen LogP contribution in [0, 0.1) is 11.3 Å². The first-order valence-corrected chi connectivity index (χ1v) is 13.4. The maximum absolute atomic E-state index is 13.0. The van der Waals surface area contributed by atoms with E-state index in [1.807, 2.05) is 47.4 Å². The number of carbonyl (C=O) groups is 2. The Morgan fingerprint density at radius 3 is 2.34 bits per heavy atom. The molecule has 2 aliphatic rings.